The third-order valence-electron chi connectivity index (χ3n) is 3.89. The fraction of sp³-hybridized carbons (Fsp3) is 0.263. The van der Waals surface area contributed by atoms with Crippen molar-refractivity contribution in [3.8, 4) is 11.5 Å². The predicted molar refractivity (Wildman–Crippen MR) is 110 cm³/mol. The quantitative estimate of drug-likeness (QED) is 0.431. The number of halogens is 2. The molecular weight excluding hydrogens is 464 g/mol. The number of aromatic hydroxyl groups is 1. The van der Waals surface area contributed by atoms with E-state index in [4.69, 9.17) is 4.74 Å². The molecule has 0 unspecified atom stereocenters. The Balaban J connectivity index is 1.84. The molecule has 2 aromatic carbocycles. The summed E-state index contributed by atoms with van der Waals surface area (Å²) in [6, 6.07) is 11.0. The molecule has 2 aromatic rings. The van der Waals surface area contributed by atoms with E-state index in [2.05, 4.69) is 56.2 Å². The number of hydrogen-bond donors (Lipinski definition) is 2. The lowest BCUT2D eigenvalue weighted by atomic mass is 9.99. The summed E-state index contributed by atoms with van der Waals surface area (Å²) < 4.78 is 6.76. The maximum atomic E-state index is 11.8. The Bertz CT molecular complexity index is 792. The zero-order chi connectivity index (χ0) is 19.1. The minimum atomic E-state index is -0.371. The average Bonchev–Trinajstić information content (AvgIpc) is 2.64. The minimum Gasteiger partial charge on any atom is -0.507 e. The Labute approximate surface area is 169 Å². The molecule has 0 heterocycles. The molecule has 0 aliphatic heterocycles. The molecule has 0 aliphatic rings. The van der Waals surface area contributed by atoms with Gasteiger partial charge in [0.25, 0.3) is 5.91 Å². The van der Waals surface area contributed by atoms with Crippen LogP contribution in [0.25, 0.3) is 0 Å². The summed E-state index contributed by atoms with van der Waals surface area (Å²) in [5.74, 6) is 0.852. The highest BCUT2D eigenvalue weighted by Gasteiger charge is 2.06. The molecule has 26 heavy (non-hydrogen) atoms. The molecule has 0 spiro atoms. The third-order valence-corrected chi connectivity index (χ3v) is 5.21. The van der Waals surface area contributed by atoms with Crippen molar-refractivity contribution in [2.75, 3.05) is 6.61 Å². The second kappa shape index (κ2) is 9.73. The van der Waals surface area contributed by atoms with Crippen LogP contribution in [0.2, 0.25) is 0 Å². The molecule has 0 saturated heterocycles. The number of carbonyl (C=O) groups is 1. The Morgan fingerprint density at radius 1 is 1.27 bits per heavy atom. The number of nitrogens with zero attached hydrogens (tertiary/aromatic N) is 1. The van der Waals surface area contributed by atoms with E-state index in [-0.39, 0.29) is 18.3 Å². The van der Waals surface area contributed by atoms with Gasteiger partial charge in [-0.1, -0.05) is 41.9 Å². The van der Waals surface area contributed by atoms with E-state index in [1.54, 1.807) is 6.07 Å². The molecule has 2 rings (SSSR count). The molecule has 5 nitrogen and oxygen atoms in total. The van der Waals surface area contributed by atoms with Crippen LogP contribution in [0, 0.1) is 0 Å². The van der Waals surface area contributed by atoms with Crippen LogP contribution in [0.15, 0.2) is 50.4 Å². The normalized spacial score (nSPS) is 12.2. The number of nitrogens with one attached hydrogen (secondary N) is 1. The van der Waals surface area contributed by atoms with Crippen molar-refractivity contribution in [2.24, 2.45) is 5.10 Å². The number of phenols is 1. The second-order valence-corrected chi connectivity index (χ2v) is 7.49. The molecule has 0 aromatic heterocycles. The molecule has 1 atom stereocenters. The first-order valence-electron chi connectivity index (χ1n) is 8.13. The summed E-state index contributed by atoms with van der Waals surface area (Å²) in [5.41, 5.74) is 4.27. The number of benzene rings is 2. The first-order chi connectivity index (χ1) is 12.4. The van der Waals surface area contributed by atoms with Crippen LogP contribution in [0.1, 0.15) is 37.3 Å². The molecule has 1 amide bonds. The number of hydrazone groups is 1. The number of ether oxygens (including phenoxy) is 1. The van der Waals surface area contributed by atoms with Crippen molar-refractivity contribution in [1.82, 2.24) is 5.43 Å². The Morgan fingerprint density at radius 3 is 2.62 bits per heavy atom. The van der Waals surface area contributed by atoms with Gasteiger partial charge in [0.05, 0.1) is 10.7 Å². The smallest absolute Gasteiger partial charge is 0.277 e. The third kappa shape index (κ3) is 5.85. The number of amides is 1. The lowest BCUT2D eigenvalue weighted by molar-refractivity contribution is -0.123. The van der Waals surface area contributed by atoms with E-state index in [1.807, 2.05) is 24.3 Å². The summed E-state index contributed by atoms with van der Waals surface area (Å²) in [4.78, 5) is 11.8. The number of hydrogen-bond acceptors (Lipinski definition) is 4. The van der Waals surface area contributed by atoms with Crippen LogP contribution in [-0.4, -0.2) is 23.8 Å². The van der Waals surface area contributed by atoms with Crippen molar-refractivity contribution in [1.29, 1.82) is 0 Å². The topological polar surface area (TPSA) is 70.9 Å². The van der Waals surface area contributed by atoms with Gasteiger partial charge in [-0.15, -0.1) is 0 Å². The summed E-state index contributed by atoms with van der Waals surface area (Å²) in [6.45, 7) is 4.19. The van der Waals surface area contributed by atoms with Gasteiger partial charge in [-0.2, -0.15) is 5.10 Å². The molecule has 0 saturated carbocycles. The van der Waals surface area contributed by atoms with Gasteiger partial charge in [0.15, 0.2) is 6.61 Å². The van der Waals surface area contributed by atoms with Crippen molar-refractivity contribution in [3.63, 3.8) is 0 Å². The van der Waals surface area contributed by atoms with E-state index in [0.29, 0.717) is 21.7 Å². The van der Waals surface area contributed by atoms with Gasteiger partial charge in [0, 0.05) is 10.0 Å². The van der Waals surface area contributed by atoms with E-state index in [9.17, 15) is 9.90 Å². The molecular formula is C19H20Br2N2O3. The summed E-state index contributed by atoms with van der Waals surface area (Å²) in [7, 11) is 0. The van der Waals surface area contributed by atoms with E-state index >= 15 is 0 Å². The van der Waals surface area contributed by atoms with Crippen LogP contribution in [0.3, 0.4) is 0 Å². The van der Waals surface area contributed by atoms with Gasteiger partial charge in [0.2, 0.25) is 0 Å². The summed E-state index contributed by atoms with van der Waals surface area (Å²) >= 11 is 6.58. The maximum absolute atomic E-state index is 11.8. The first kappa shape index (κ1) is 20.5. The molecule has 0 radical (unpaired) electrons. The Morgan fingerprint density at radius 2 is 1.96 bits per heavy atom. The van der Waals surface area contributed by atoms with Crippen LogP contribution in [0.5, 0.6) is 11.5 Å². The summed E-state index contributed by atoms with van der Waals surface area (Å²) in [5, 5.41) is 13.5. The van der Waals surface area contributed by atoms with Crippen molar-refractivity contribution in [3.05, 3.63) is 56.5 Å². The number of carbonyl (C=O) groups excluding carboxylic acids is 1. The van der Waals surface area contributed by atoms with Crippen molar-refractivity contribution in [2.45, 2.75) is 26.2 Å². The van der Waals surface area contributed by atoms with Gasteiger partial charge in [-0.05, 0) is 58.1 Å². The largest absolute Gasteiger partial charge is 0.507 e. The molecule has 138 valence electrons. The van der Waals surface area contributed by atoms with Crippen LogP contribution in [0.4, 0.5) is 0 Å². The van der Waals surface area contributed by atoms with Gasteiger partial charge in [0.1, 0.15) is 11.5 Å². The Hall–Kier alpha value is -1.86. The fourth-order valence-corrected chi connectivity index (χ4v) is 3.23. The fourth-order valence-electron chi connectivity index (χ4n) is 2.14. The van der Waals surface area contributed by atoms with Gasteiger partial charge < -0.3 is 9.84 Å². The van der Waals surface area contributed by atoms with Crippen molar-refractivity contribution < 1.29 is 14.6 Å². The highest BCUT2D eigenvalue weighted by molar-refractivity contribution is 9.11. The van der Waals surface area contributed by atoms with Crippen LogP contribution >= 0.6 is 31.9 Å². The maximum Gasteiger partial charge on any atom is 0.277 e. The molecule has 0 fully saturated rings. The first-order valence-corrected chi connectivity index (χ1v) is 9.72. The van der Waals surface area contributed by atoms with E-state index in [1.165, 1.54) is 17.8 Å². The highest BCUT2D eigenvalue weighted by atomic mass is 79.9. The monoisotopic (exact) mass is 482 g/mol. The average molecular weight is 484 g/mol. The number of rotatable bonds is 7. The lowest BCUT2D eigenvalue weighted by Crippen LogP contribution is -2.24. The minimum absolute atomic E-state index is 0.0881. The standard InChI is InChI=1S/C19H20Br2N2O3/c1-3-12(2)13-4-6-15(7-5-13)26-11-19(25)23-22-10-14-8-18(24)17(21)9-16(14)20/h4-10,12,24H,3,11H2,1-2H3,(H,23,25)/b22-10+/t12-/m1/s1. The molecule has 0 bridgehead atoms. The van der Waals surface area contributed by atoms with Crippen LogP contribution in [-0.2, 0) is 4.79 Å². The molecule has 7 heteroatoms. The molecule has 0 aliphatic carbocycles. The van der Waals surface area contributed by atoms with Gasteiger partial charge in [-0.25, -0.2) is 5.43 Å². The van der Waals surface area contributed by atoms with Crippen molar-refractivity contribution >= 4 is 44.0 Å². The predicted octanol–water partition coefficient (Wildman–Crippen LogP) is 4.96. The highest BCUT2D eigenvalue weighted by Crippen LogP contribution is 2.29. The zero-order valence-electron chi connectivity index (χ0n) is 14.5. The Kier molecular flexibility index (Phi) is 7.66. The van der Waals surface area contributed by atoms with E-state index in [0.717, 1.165) is 10.9 Å². The van der Waals surface area contributed by atoms with Gasteiger partial charge >= 0.3 is 0 Å². The zero-order valence-corrected chi connectivity index (χ0v) is 17.7. The van der Waals surface area contributed by atoms with Gasteiger partial charge in [-0.3, -0.25) is 4.79 Å². The van der Waals surface area contributed by atoms with Crippen LogP contribution < -0.4 is 10.2 Å². The lowest BCUT2D eigenvalue weighted by Gasteiger charge is -2.10. The SMILES string of the molecule is CC[C@@H](C)c1ccc(OCC(=O)N/N=C/c2cc(O)c(Br)cc2Br)cc1. The molecule has 2 N–H and O–H groups in total. The summed E-state index contributed by atoms with van der Waals surface area (Å²) in [6.07, 6.45) is 2.52. The number of phenolic OH excluding ortho intramolecular Hbond substituents is 1. The van der Waals surface area contributed by atoms with E-state index < -0.39 is 0 Å². The second-order valence-electron chi connectivity index (χ2n) is 5.79.